The summed E-state index contributed by atoms with van der Waals surface area (Å²) in [5.74, 6) is 0.352. The number of ether oxygens (including phenoxy) is 3. The van der Waals surface area contributed by atoms with Crippen LogP contribution < -0.4 is 10.1 Å². The lowest BCUT2D eigenvalue weighted by Crippen LogP contribution is -2.51. The highest BCUT2D eigenvalue weighted by Gasteiger charge is 2.47. The van der Waals surface area contributed by atoms with Crippen LogP contribution in [0.15, 0.2) is 72.8 Å². The molecule has 5 nitrogen and oxygen atoms in total. The Balaban J connectivity index is 1.59. The Morgan fingerprint density at radius 1 is 1.03 bits per heavy atom. The number of anilines is 1. The molecule has 1 aliphatic rings. The zero-order chi connectivity index (χ0) is 23.4. The summed E-state index contributed by atoms with van der Waals surface area (Å²) in [5.41, 5.74) is 4.01. The summed E-state index contributed by atoms with van der Waals surface area (Å²) in [6.45, 7) is 9.06. The number of hydrogen-bond donors (Lipinski definition) is 1. The molecule has 0 spiro atoms. The Kier molecular flexibility index (Phi) is 6.70. The average Bonchev–Trinajstić information content (AvgIpc) is 2.81. The van der Waals surface area contributed by atoms with E-state index in [9.17, 15) is 4.79 Å². The lowest BCUT2D eigenvalue weighted by molar-refractivity contribution is -0.137. The van der Waals surface area contributed by atoms with Crippen molar-refractivity contribution >= 4 is 11.7 Å². The molecule has 0 amide bonds. The minimum atomic E-state index is -0.756. The minimum absolute atomic E-state index is 0.390. The van der Waals surface area contributed by atoms with E-state index in [1.165, 1.54) is 11.1 Å². The maximum atomic E-state index is 12.9. The van der Waals surface area contributed by atoms with Gasteiger partial charge in [0.15, 0.2) is 6.10 Å². The van der Waals surface area contributed by atoms with Crippen molar-refractivity contribution in [1.82, 2.24) is 0 Å². The lowest BCUT2D eigenvalue weighted by Gasteiger charge is -2.43. The second-order valence-electron chi connectivity index (χ2n) is 8.87. The SMILES string of the molecule is CCOC1c2cc(NCc3ccc(C)cc3)ccc2OC(C)(C)C1OC(=O)c1ccccc1. The maximum absolute atomic E-state index is 12.9. The number of fused-ring (bicyclic) bond motifs is 1. The Hall–Kier alpha value is -3.31. The number of carbonyl (C=O) groups is 1. The second kappa shape index (κ2) is 9.67. The molecule has 0 saturated heterocycles. The summed E-state index contributed by atoms with van der Waals surface area (Å²) in [6, 6.07) is 23.4. The first-order chi connectivity index (χ1) is 15.9. The smallest absolute Gasteiger partial charge is 0.338 e. The second-order valence-corrected chi connectivity index (χ2v) is 8.87. The topological polar surface area (TPSA) is 56.8 Å². The fraction of sp³-hybridized carbons (Fsp3) is 0.321. The van der Waals surface area contributed by atoms with E-state index in [-0.39, 0.29) is 5.97 Å². The van der Waals surface area contributed by atoms with Crippen molar-refractivity contribution < 1.29 is 19.0 Å². The summed E-state index contributed by atoms with van der Waals surface area (Å²) in [4.78, 5) is 12.9. The summed E-state index contributed by atoms with van der Waals surface area (Å²) in [7, 11) is 0. The third kappa shape index (κ3) is 5.20. The molecule has 0 aromatic heterocycles. The molecule has 3 aromatic carbocycles. The van der Waals surface area contributed by atoms with Crippen molar-refractivity contribution in [2.24, 2.45) is 0 Å². The van der Waals surface area contributed by atoms with Gasteiger partial charge in [-0.3, -0.25) is 0 Å². The lowest BCUT2D eigenvalue weighted by atomic mass is 9.87. The van der Waals surface area contributed by atoms with E-state index in [1.54, 1.807) is 12.1 Å². The number of nitrogens with one attached hydrogen (secondary N) is 1. The van der Waals surface area contributed by atoms with Crippen molar-refractivity contribution in [1.29, 1.82) is 0 Å². The van der Waals surface area contributed by atoms with Crippen molar-refractivity contribution in [3.8, 4) is 5.75 Å². The van der Waals surface area contributed by atoms with Crippen molar-refractivity contribution in [3.63, 3.8) is 0 Å². The van der Waals surface area contributed by atoms with E-state index in [0.29, 0.717) is 18.7 Å². The molecule has 3 aromatic rings. The highest BCUT2D eigenvalue weighted by atomic mass is 16.6. The Bertz CT molecular complexity index is 1090. The van der Waals surface area contributed by atoms with Crippen LogP contribution in [0.3, 0.4) is 0 Å². The first kappa shape index (κ1) is 22.9. The third-order valence-corrected chi connectivity index (χ3v) is 5.86. The zero-order valence-electron chi connectivity index (χ0n) is 19.6. The monoisotopic (exact) mass is 445 g/mol. The predicted octanol–water partition coefficient (Wildman–Crippen LogP) is 6.08. The van der Waals surface area contributed by atoms with E-state index < -0.39 is 17.8 Å². The first-order valence-electron chi connectivity index (χ1n) is 11.4. The molecule has 0 saturated carbocycles. The molecule has 0 radical (unpaired) electrons. The fourth-order valence-electron chi connectivity index (χ4n) is 4.07. The molecule has 1 aliphatic heterocycles. The van der Waals surface area contributed by atoms with Gasteiger partial charge in [0, 0.05) is 24.4 Å². The third-order valence-electron chi connectivity index (χ3n) is 5.86. The van der Waals surface area contributed by atoms with Gasteiger partial charge in [-0.1, -0.05) is 48.0 Å². The van der Waals surface area contributed by atoms with Crippen LogP contribution in [0.25, 0.3) is 0 Å². The van der Waals surface area contributed by atoms with Gasteiger partial charge in [-0.05, 0) is 63.6 Å². The van der Waals surface area contributed by atoms with Gasteiger partial charge in [0.25, 0.3) is 0 Å². The summed E-state index contributed by atoms with van der Waals surface area (Å²) < 4.78 is 18.4. The standard InChI is InChI=1S/C28H31NO4/c1-5-31-25-23-17-22(29-18-20-13-11-19(2)12-14-20)15-16-24(23)33-28(3,4)26(25)32-27(30)21-9-7-6-8-10-21/h6-17,25-26,29H,5,18H2,1-4H3. The Morgan fingerprint density at radius 2 is 1.76 bits per heavy atom. The van der Waals surface area contributed by atoms with Gasteiger partial charge in [0.05, 0.1) is 5.56 Å². The molecule has 0 bridgehead atoms. The highest BCUT2D eigenvalue weighted by molar-refractivity contribution is 5.89. The van der Waals surface area contributed by atoms with Crippen LogP contribution in [0.5, 0.6) is 5.75 Å². The first-order valence-corrected chi connectivity index (χ1v) is 11.4. The largest absolute Gasteiger partial charge is 0.483 e. The van der Waals surface area contributed by atoms with Gasteiger partial charge >= 0.3 is 5.97 Å². The van der Waals surface area contributed by atoms with Crippen molar-refractivity contribution in [3.05, 3.63) is 95.1 Å². The minimum Gasteiger partial charge on any atom is -0.483 e. The van der Waals surface area contributed by atoms with Crippen LogP contribution in [0, 0.1) is 6.92 Å². The van der Waals surface area contributed by atoms with Crippen LogP contribution in [0.1, 0.15) is 53.9 Å². The average molecular weight is 446 g/mol. The summed E-state index contributed by atoms with van der Waals surface area (Å²) in [6.07, 6.45) is -1.05. The molecule has 5 heteroatoms. The molecule has 2 unspecified atom stereocenters. The van der Waals surface area contributed by atoms with Crippen LogP contribution in [0.2, 0.25) is 0 Å². The number of hydrogen-bond acceptors (Lipinski definition) is 5. The molecule has 172 valence electrons. The van der Waals surface area contributed by atoms with Crippen LogP contribution in [-0.2, 0) is 16.0 Å². The molecule has 33 heavy (non-hydrogen) atoms. The van der Waals surface area contributed by atoms with Gasteiger partial charge < -0.3 is 19.5 Å². The van der Waals surface area contributed by atoms with Crippen molar-refractivity contribution in [2.75, 3.05) is 11.9 Å². The number of esters is 1. The van der Waals surface area contributed by atoms with Crippen LogP contribution >= 0.6 is 0 Å². The van der Waals surface area contributed by atoms with Crippen LogP contribution in [0.4, 0.5) is 5.69 Å². The zero-order valence-corrected chi connectivity index (χ0v) is 19.6. The van der Waals surface area contributed by atoms with E-state index in [4.69, 9.17) is 14.2 Å². The van der Waals surface area contributed by atoms with Gasteiger partial charge in [0.2, 0.25) is 0 Å². The van der Waals surface area contributed by atoms with E-state index in [2.05, 4.69) is 36.5 Å². The molecular formula is C28H31NO4. The van der Waals surface area contributed by atoms with Crippen molar-refractivity contribution in [2.45, 2.75) is 52.0 Å². The normalized spacial score (nSPS) is 18.7. The van der Waals surface area contributed by atoms with Gasteiger partial charge in [0.1, 0.15) is 17.5 Å². The van der Waals surface area contributed by atoms with Gasteiger partial charge in [-0.2, -0.15) is 0 Å². The van der Waals surface area contributed by atoms with E-state index in [0.717, 1.165) is 17.0 Å². The molecule has 4 rings (SSSR count). The summed E-state index contributed by atoms with van der Waals surface area (Å²) in [5, 5.41) is 3.48. The van der Waals surface area contributed by atoms with Gasteiger partial charge in [-0.25, -0.2) is 4.79 Å². The van der Waals surface area contributed by atoms with Crippen LogP contribution in [-0.4, -0.2) is 24.3 Å². The molecule has 1 heterocycles. The highest BCUT2D eigenvalue weighted by Crippen LogP contribution is 2.44. The quantitative estimate of drug-likeness (QED) is 0.447. The molecule has 0 fully saturated rings. The number of rotatable bonds is 7. The summed E-state index contributed by atoms with van der Waals surface area (Å²) >= 11 is 0. The van der Waals surface area contributed by atoms with E-state index in [1.807, 2.05) is 57.2 Å². The van der Waals surface area contributed by atoms with E-state index >= 15 is 0 Å². The molecule has 2 atom stereocenters. The molecule has 1 N–H and O–H groups in total. The number of carbonyl (C=O) groups excluding carboxylic acids is 1. The Labute approximate surface area is 195 Å². The number of benzene rings is 3. The Morgan fingerprint density at radius 3 is 2.45 bits per heavy atom. The predicted molar refractivity (Wildman–Crippen MR) is 130 cm³/mol. The molecule has 0 aliphatic carbocycles. The van der Waals surface area contributed by atoms with Gasteiger partial charge in [-0.15, -0.1) is 0 Å². The fourth-order valence-corrected chi connectivity index (χ4v) is 4.07. The maximum Gasteiger partial charge on any atom is 0.338 e. The number of aryl methyl sites for hydroxylation is 1. The molecular weight excluding hydrogens is 414 g/mol.